The maximum Gasteiger partial charge on any atom is 1.00 e. The Morgan fingerprint density at radius 3 is 3.00 bits per heavy atom. The largest absolute Gasteiger partial charge is 1.00 e. The molecule has 7 heteroatoms. The van der Waals surface area contributed by atoms with Crippen molar-refractivity contribution in [1.82, 2.24) is 9.55 Å². The van der Waals surface area contributed by atoms with Crippen LogP contribution in [0, 0.1) is 0 Å². The molecule has 110 valence electrons. The Labute approximate surface area is 151 Å². The minimum atomic E-state index is -1.06. The number of fused-ring (bicyclic) bond motifs is 1. The molecule has 3 rings (SSSR count). The van der Waals surface area contributed by atoms with Crippen LogP contribution >= 0.6 is 0 Å². The van der Waals surface area contributed by atoms with Crippen LogP contribution in [0.15, 0.2) is 36.9 Å². The van der Waals surface area contributed by atoms with E-state index in [1.54, 1.807) is 12.5 Å². The number of carbonyl (C=O) groups is 1. The first-order chi connectivity index (χ1) is 10.2. The summed E-state index contributed by atoms with van der Waals surface area (Å²) in [6.45, 7) is 1.89. The number of anilines is 1. The molecule has 0 unspecified atom stereocenters. The van der Waals surface area contributed by atoms with Crippen molar-refractivity contribution in [3.05, 3.63) is 42.5 Å². The first-order valence-electron chi connectivity index (χ1n) is 6.89. The summed E-state index contributed by atoms with van der Waals surface area (Å²) >= 11 is 0. The number of ether oxygens (including phenoxy) is 1. The molecule has 1 aliphatic heterocycles. The van der Waals surface area contributed by atoms with Gasteiger partial charge < -0.3 is 24.1 Å². The van der Waals surface area contributed by atoms with Crippen molar-refractivity contribution in [2.45, 2.75) is 13.0 Å². The van der Waals surface area contributed by atoms with E-state index in [4.69, 9.17) is 4.74 Å². The second-order valence-corrected chi connectivity index (χ2v) is 4.95. The summed E-state index contributed by atoms with van der Waals surface area (Å²) in [4.78, 5) is 16.6. The second-order valence-electron chi connectivity index (χ2n) is 4.95. The summed E-state index contributed by atoms with van der Waals surface area (Å²) in [5, 5.41) is 10.8. The van der Waals surface area contributed by atoms with Crippen molar-refractivity contribution in [2.75, 3.05) is 24.6 Å². The maximum absolute atomic E-state index is 10.8. The monoisotopic (exact) mass is 309 g/mol. The number of carboxylic acids is 1. The van der Waals surface area contributed by atoms with Crippen molar-refractivity contribution in [1.29, 1.82) is 0 Å². The van der Waals surface area contributed by atoms with E-state index in [-0.39, 0.29) is 36.1 Å². The van der Waals surface area contributed by atoms with Crippen LogP contribution in [0.5, 0.6) is 5.75 Å². The standard InChI is InChI=1S/C15H17N3O3.Na/c19-15(20)10-18-6-4-12-13(18)2-1-3-14(12)21-9-8-17-7-5-16-11-17;/h1-3,5,7,11H,4,6,8-10H2,(H,19,20);/q;+1/p-1. The van der Waals surface area contributed by atoms with Crippen molar-refractivity contribution >= 4 is 11.7 Å². The Hall–Kier alpha value is -1.50. The van der Waals surface area contributed by atoms with Gasteiger partial charge >= 0.3 is 29.6 Å². The van der Waals surface area contributed by atoms with E-state index >= 15 is 0 Å². The van der Waals surface area contributed by atoms with Gasteiger partial charge in [-0.1, -0.05) is 6.07 Å². The van der Waals surface area contributed by atoms with Gasteiger partial charge in [0.2, 0.25) is 0 Å². The third kappa shape index (κ3) is 3.82. The smallest absolute Gasteiger partial charge is 0.548 e. The van der Waals surface area contributed by atoms with E-state index in [2.05, 4.69) is 4.98 Å². The number of aromatic nitrogens is 2. The number of nitrogens with zero attached hydrogens (tertiary/aromatic N) is 3. The van der Waals surface area contributed by atoms with Crippen LogP contribution in [-0.2, 0) is 17.8 Å². The van der Waals surface area contributed by atoms with Gasteiger partial charge in [-0.2, -0.15) is 0 Å². The molecular weight excluding hydrogens is 293 g/mol. The molecule has 0 bridgehead atoms. The van der Waals surface area contributed by atoms with Crippen LogP contribution in [0.4, 0.5) is 5.69 Å². The maximum atomic E-state index is 10.8. The number of aliphatic carboxylic acids is 1. The number of rotatable bonds is 6. The molecule has 0 fully saturated rings. The second kappa shape index (κ2) is 7.67. The minimum Gasteiger partial charge on any atom is -0.548 e. The molecule has 1 aliphatic rings. The predicted molar refractivity (Wildman–Crippen MR) is 75.1 cm³/mol. The summed E-state index contributed by atoms with van der Waals surface area (Å²) in [6.07, 6.45) is 6.17. The molecule has 0 N–H and O–H groups in total. The molecule has 6 nitrogen and oxygen atoms in total. The molecule has 0 amide bonds. The van der Waals surface area contributed by atoms with Crippen LogP contribution < -0.4 is 44.3 Å². The topological polar surface area (TPSA) is 70.4 Å². The third-order valence-corrected chi connectivity index (χ3v) is 3.57. The van der Waals surface area contributed by atoms with E-state index in [1.807, 2.05) is 33.9 Å². The quantitative estimate of drug-likeness (QED) is 0.535. The number of hydrogen-bond donors (Lipinski definition) is 0. The minimum absolute atomic E-state index is 0. The van der Waals surface area contributed by atoms with Crippen LogP contribution in [0.2, 0.25) is 0 Å². The Morgan fingerprint density at radius 1 is 1.41 bits per heavy atom. The van der Waals surface area contributed by atoms with Crippen molar-refractivity contribution in [2.24, 2.45) is 0 Å². The molecule has 0 atom stereocenters. The molecule has 1 aromatic heterocycles. The normalized spacial score (nSPS) is 12.6. The van der Waals surface area contributed by atoms with Crippen LogP contribution in [0.1, 0.15) is 5.56 Å². The number of imidazole rings is 1. The molecule has 0 spiro atoms. The fourth-order valence-electron chi connectivity index (χ4n) is 2.60. The number of hydrogen-bond acceptors (Lipinski definition) is 5. The van der Waals surface area contributed by atoms with Gasteiger partial charge in [0.25, 0.3) is 0 Å². The summed E-state index contributed by atoms with van der Waals surface area (Å²) in [6, 6.07) is 5.74. The van der Waals surface area contributed by atoms with Gasteiger partial charge in [0.15, 0.2) is 0 Å². The van der Waals surface area contributed by atoms with Gasteiger partial charge in [-0.25, -0.2) is 4.98 Å². The van der Waals surface area contributed by atoms with Crippen molar-refractivity contribution in [3.63, 3.8) is 0 Å². The predicted octanol–water partition coefficient (Wildman–Crippen LogP) is -2.92. The van der Waals surface area contributed by atoms with Gasteiger partial charge in [0.05, 0.1) is 25.4 Å². The summed E-state index contributed by atoms with van der Waals surface area (Å²) in [5.41, 5.74) is 2.00. The fraction of sp³-hybridized carbons (Fsp3) is 0.333. The molecule has 0 aliphatic carbocycles. The molecule has 2 aromatic rings. The van der Waals surface area contributed by atoms with Crippen LogP contribution in [0.3, 0.4) is 0 Å². The van der Waals surface area contributed by atoms with Gasteiger partial charge in [-0.3, -0.25) is 0 Å². The summed E-state index contributed by atoms with van der Waals surface area (Å²) in [7, 11) is 0. The van der Waals surface area contributed by atoms with E-state index < -0.39 is 5.97 Å². The Kier molecular flexibility index (Phi) is 5.88. The molecule has 0 saturated heterocycles. The Balaban J connectivity index is 0.00000176. The molecule has 1 aromatic carbocycles. The van der Waals surface area contributed by atoms with E-state index in [0.717, 1.165) is 30.0 Å². The molecular formula is C15H16N3NaO3. The zero-order valence-electron chi connectivity index (χ0n) is 12.6. The van der Waals surface area contributed by atoms with Crippen molar-refractivity contribution in [3.8, 4) is 5.75 Å². The average Bonchev–Trinajstić information content (AvgIpc) is 3.09. The van der Waals surface area contributed by atoms with Crippen LogP contribution in [-0.4, -0.2) is 35.2 Å². The summed E-state index contributed by atoms with van der Waals surface area (Å²) in [5.74, 6) is -0.234. The molecule has 0 saturated carbocycles. The van der Waals surface area contributed by atoms with Gasteiger partial charge in [-0.05, 0) is 18.6 Å². The van der Waals surface area contributed by atoms with Crippen LogP contribution in [0.25, 0.3) is 0 Å². The SMILES string of the molecule is O=C([O-])CN1CCc2c(OCCn3ccnc3)cccc21.[Na+]. The van der Waals surface area contributed by atoms with Gasteiger partial charge in [0.1, 0.15) is 12.4 Å². The first-order valence-corrected chi connectivity index (χ1v) is 6.89. The zero-order chi connectivity index (χ0) is 14.7. The van der Waals surface area contributed by atoms with Gasteiger partial charge in [0, 0.05) is 30.2 Å². The Morgan fingerprint density at radius 2 is 2.27 bits per heavy atom. The third-order valence-electron chi connectivity index (χ3n) is 3.57. The Bertz CT molecular complexity index is 631. The zero-order valence-corrected chi connectivity index (χ0v) is 14.6. The average molecular weight is 309 g/mol. The van der Waals surface area contributed by atoms with E-state index in [1.165, 1.54) is 0 Å². The molecule has 2 heterocycles. The molecule has 22 heavy (non-hydrogen) atoms. The van der Waals surface area contributed by atoms with Crippen molar-refractivity contribution < 1.29 is 44.2 Å². The van der Waals surface area contributed by atoms with E-state index in [9.17, 15) is 9.90 Å². The number of carboxylic acid groups (broad SMARTS) is 1. The number of benzene rings is 1. The summed E-state index contributed by atoms with van der Waals surface area (Å²) < 4.78 is 7.79. The first kappa shape index (κ1) is 16.9. The van der Waals surface area contributed by atoms with Gasteiger partial charge in [-0.15, -0.1) is 0 Å². The number of carbonyl (C=O) groups excluding carboxylic acids is 1. The van der Waals surface area contributed by atoms with E-state index in [0.29, 0.717) is 13.2 Å². The fourth-order valence-corrected chi connectivity index (χ4v) is 2.60. The molecule has 0 radical (unpaired) electrons.